The Bertz CT molecular complexity index is 746. The standard InChI is InChI=1S/C19H23N3O3S/c23-17-12-26-16-6-5-13(10-15(16)20-17)18(24)22-9-3-4-14(11-22)19(25)21-7-1-2-8-21/h5-6,10,14H,1-4,7-9,11-12H2,(H,20,23). The summed E-state index contributed by atoms with van der Waals surface area (Å²) in [7, 11) is 0. The second-order valence-corrected chi connectivity index (χ2v) is 8.19. The number of nitrogens with one attached hydrogen (secondary N) is 1. The number of amides is 3. The fourth-order valence-electron chi connectivity index (χ4n) is 3.96. The summed E-state index contributed by atoms with van der Waals surface area (Å²) in [5.41, 5.74) is 1.28. The lowest BCUT2D eigenvalue weighted by Crippen LogP contribution is -2.46. The van der Waals surface area contributed by atoms with Crippen molar-refractivity contribution >= 4 is 35.2 Å². The fourth-order valence-corrected chi connectivity index (χ4v) is 4.75. The van der Waals surface area contributed by atoms with Crippen LogP contribution in [0.25, 0.3) is 0 Å². The second kappa shape index (κ2) is 7.31. The number of rotatable bonds is 2. The van der Waals surface area contributed by atoms with Crippen molar-refractivity contribution in [2.24, 2.45) is 5.92 Å². The van der Waals surface area contributed by atoms with Crippen molar-refractivity contribution in [3.63, 3.8) is 0 Å². The number of anilines is 1. The topological polar surface area (TPSA) is 69.7 Å². The summed E-state index contributed by atoms with van der Waals surface area (Å²) >= 11 is 1.48. The first-order valence-corrected chi connectivity index (χ1v) is 10.2. The van der Waals surface area contributed by atoms with Gasteiger partial charge in [-0.3, -0.25) is 14.4 Å². The monoisotopic (exact) mass is 373 g/mol. The van der Waals surface area contributed by atoms with Gasteiger partial charge in [0.25, 0.3) is 5.91 Å². The first-order valence-electron chi connectivity index (χ1n) is 9.26. The van der Waals surface area contributed by atoms with Crippen LogP contribution in [0.15, 0.2) is 23.1 Å². The number of piperidine rings is 1. The molecule has 0 radical (unpaired) electrons. The van der Waals surface area contributed by atoms with Crippen LogP contribution in [0.4, 0.5) is 5.69 Å². The quantitative estimate of drug-likeness (QED) is 0.863. The number of hydrogen-bond donors (Lipinski definition) is 1. The summed E-state index contributed by atoms with van der Waals surface area (Å²) in [6.45, 7) is 2.88. The van der Waals surface area contributed by atoms with Crippen LogP contribution >= 0.6 is 11.8 Å². The number of fused-ring (bicyclic) bond motifs is 1. The highest BCUT2D eigenvalue weighted by Gasteiger charge is 2.32. The van der Waals surface area contributed by atoms with Crippen molar-refractivity contribution in [1.82, 2.24) is 9.80 Å². The molecule has 3 aliphatic rings. The largest absolute Gasteiger partial charge is 0.342 e. The molecule has 0 aliphatic carbocycles. The zero-order valence-corrected chi connectivity index (χ0v) is 15.5. The molecule has 0 spiro atoms. The van der Waals surface area contributed by atoms with Gasteiger partial charge in [0.15, 0.2) is 0 Å². The summed E-state index contributed by atoms with van der Waals surface area (Å²) in [6.07, 6.45) is 3.88. The summed E-state index contributed by atoms with van der Waals surface area (Å²) in [6, 6.07) is 5.47. The van der Waals surface area contributed by atoms with Crippen molar-refractivity contribution < 1.29 is 14.4 Å². The van der Waals surface area contributed by atoms with E-state index >= 15 is 0 Å². The fraction of sp³-hybridized carbons (Fsp3) is 0.526. The van der Waals surface area contributed by atoms with E-state index in [1.165, 1.54) is 11.8 Å². The third-order valence-corrected chi connectivity index (χ3v) is 6.41. The molecule has 1 unspecified atom stereocenters. The maximum absolute atomic E-state index is 12.9. The minimum Gasteiger partial charge on any atom is -0.342 e. The highest BCUT2D eigenvalue weighted by atomic mass is 32.2. The van der Waals surface area contributed by atoms with Crippen molar-refractivity contribution in [3.8, 4) is 0 Å². The molecule has 4 rings (SSSR count). The molecule has 26 heavy (non-hydrogen) atoms. The first kappa shape index (κ1) is 17.4. The Labute approximate surface area is 157 Å². The van der Waals surface area contributed by atoms with Gasteiger partial charge in [0.05, 0.1) is 17.4 Å². The highest BCUT2D eigenvalue weighted by molar-refractivity contribution is 8.00. The molecule has 1 aromatic carbocycles. The number of hydrogen-bond acceptors (Lipinski definition) is 4. The highest BCUT2D eigenvalue weighted by Crippen LogP contribution is 2.32. The van der Waals surface area contributed by atoms with Gasteiger partial charge in [-0.25, -0.2) is 0 Å². The molecule has 2 fully saturated rings. The normalized spacial score (nSPS) is 22.8. The van der Waals surface area contributed by atoms with Gasteiger partial charge >= 0.3 is 0 Å². The van der Waals surface area contributed by atoms with Crippen LogP contribution in [0, 0.1) is 5.92 Å². The van der Waals surface area contributed by atoms with E-state index in [0.717, 1.165) is 43.7 Å². The van der Waals surface area contributed by atoms with Crippen LogP contribution < -0.4 is 5.32 Å². The third-order valence-electron chi connectivity index (χ3n) is 5.33. The van der Waals surface area contributed by atoms with Crippen LogP contribution in [0.3, 0.4) is 0 Å². The van der Waals surface area contributed by atoms with Gasteiger partial charge < -0.3 is 15.1 Å². The number of thioether (sulfide) groups is 1. The Morgan fingerprint density at radius 3 is 2.65 bits per heavy atom. The Morgan fingerprint density at radius 2 is 1.85 bits per heavy atom. The van der Waals surface area contributed by atoms with Gasteiger partial charge in [-0.1, -0.05) is 0 Å². The SMILES string of the molecule is O=C1CSc2ccc(C(=O)N3CCCC(C(=O)N4CCCC4)C3)cc2N1. The minimum atomic E-state index is -0.0846. The van der Waals surface area contributed by atoms with E-state index in [-0.39, 0.29) is 23.6 Å². The van der Waals surface area contributed by atoms with Crippen LogP contribution in [0.2, 0.25) is 0 Å². The third kappa shape index (κ3) is 3.45. The van der Waals surface area contributed by atoms with E-state index in [0.29, 0.717) is 30.1 Å². The molecule has 0 bridgehead atoms. The molecule has 3 heterocycles. The van der Waals surface area contributed by atoms with E-state index in [2.05, 4.69) is 5.32 Å². The Hall–Kier alpha value is -2.02. The maximum atomic E-state index is 12.9. The van der Waals surface area contributed by atoms with Gasteiger partial charge in [0, 0.05) is 36.6 Å². The van der Waals surface area contributed by atoms with Crippen molar-refractivity contribution in [2.45, 2.75) is 30.6 Å². The van der Waals surface area contributed by atoms with Crippen molar-refractivity contribution in [3.05, 3.63) is 23.8 Å². The smallest absolute Gasteiger partial charge is 0.253 e. The zero-order chi connectivity index (χ0) is 18.1. The van der Waals surface area contributed by atoms with Gasteiger partial charge in [-0.15, -0.1) is 11.8 Å². The van der Waals surface area contributed by atoms with E-state index in [4.69, 9.17) is 0 Å². The molecule has 6 nitrogen and oxygen atoms in total. The van der Waals surface area contributed by atoms with Gasteiger partial charge in [0.1, 0.15) is 0 Å². The van der Waals surface area contributed by atoms with Gasteiger partial charge in [-0.05, 0) is 43.9 Å². The van der Waals surface area contributed by atoms with E-state index in [9.17, 15) is 14.4 Å². The molecule has 7 heteroatoms. The average molecular weight is 373 g/mol. The number of likely N-dealkylation sites (tertiary alicyclic amines) is 2. The summed E-state index contributed by atoms with van der Waals surface area (Å²) in [5, 5.41) is 2.83. The zero-order valence-electron chi connectivity index (χ0n) is 14.7. The van der Waals surface area contributed by atoms with E-state index in [1.807, 2.05) is 17.0 Å². The number of benzene rings is 1. The van der Waals surface area contributed by atoms with Crippen LogP contribution in [-0.2, 0) is 9.59 Å². The van der Waals surface area contributed by atoms with Crippen LogP contribution in [0.5, 0.6) is 0 Å². The molecule has 1 atom stereocenters. The predicted octanol–water partition coefficient (Wildman–Crippen LogP) is 2.21. The number of carbonyl (C=O) groups excluding carboxylic acids is 3. The van der Waals surface area contributed by atoms with Crippen molar-refractivity contribution in [1.29, 1.82) is 0 Å². The van der Waals surface area contributed by atoms with Crippen LogP contribution in [0.1, 0.15) is 36.0 Å². The molecule has 0 saturated carbocycles. The van der Waals surface area contributed by atoms with Crippen molar-refractivity contribution in [2.75, 3.05) is 37.2 Å². The van der Waals surface area contributed by atoms with E-state index < -0.39 is 0 Å². The molecule has 1 N–H and O–H groups in total. The summed E-state index contributed by atoms with van der Waals surface area (Å²) in [5.74, 6) is 0.429. The first-order chi connectivity index (χ1) is 12.6. The lowest BCUT2D eigenvalue weighted by atomic mass is 9.96. The Morgan fingerprint density at radius 1 is 1.08 bits per heavy atom. The lowest BCUT2D eigenvalue weighted by molar-refractivity contribution is -0.135. The maximum Gasteiger partial charge on any atom is 0.253 e. The average Bonchev–Trinajstić information content (AvgIpc) is 3.21. The molecule has 3 amide bonds. The molecule has 138 valence electrons. The molecule has 0 aromatic heterocycles. The molecule has 1 aromatic rings. The summed E-state index contributed by atoms with van der Waals surface area (Å²) in [4.78, 5) is 41.9. The molecular weight excluding hydrogens is 350 g/mol. The van der Waals surface area contributed by atoms with E-state index in [1.54, 1.807) is 11.0 Å². The molecule has 3 aliphatic heterocycles. The molecule has 2 saturated heterocycles. The Balaban J connectivity index is 1.46. The Kier molecular flexibility index (Phi) is 4.89. The summed E-state index contributed by atoms with van der Waals surface area (Å²) < 4.78 is 0. The predicted molar refractivity (Wildman–Crippen MR) is 100 cm³/mol. The number of carbonyl (C=O) groups is 3. The lowest BCUT2D eigenvalue weighted by Gasteiger charge is -2.34. The minimum absolute atomic E-state index is 0.0404. The van der Waals surface area contributed by atoms with Gasteiger partial charge in [0.2, 0.25) is 11.8 Å². The van der Waals surface area contributed by atoms with Crippen LogP contribution in [-0.4, -0.2) is 59.5 Å². The second-order valence-electron chi connectivity index (χ2n) is 7.17. The number of nitrogens with zero attached hydrogens (tertiary/aromatic N) is 2. The molecular formula is C19H23N3O3S. The van der Waals surface area contributed by atoms with Gasteiger partial charge in [-0.2, -0.15) is 0 Å².